The van der Waals surface area contributed by atoms with Gasteiger partial charge < -0.3 is 10.5 Å². The molecule has 0 saturated carbocycles. The smallest absolute Gasteiger partial charge is 0.0659 e. The summed E-state index contributed by atoms with van der Waals surface area (Å²) in [6, 6.07) is 8.62. The molecule has 0 radical (unpaired) electrons. The van der Waals surface area contributed by atoms with Crippen molar-refractivity contribution in [2.75, 3.05) is 13.2 Å². The van der Waals surface area contributed by atoms with Crippen LogP contribution in [0.3, 0.4) is 0 Å². The van der Waals surface area contributed by atoms with Gasteiger partial charge in [-0.2, -0.15) is 0 Å². The molecule has 1 aromatic carbocycles. The van der Waals surface area contributed by atoms with Gasteiger partial charge in [-0.05, 0) is 29.9 Å². The zero-order valence-electron chi connectivity index (χ0n) is 12.7. The van der Waals surface area contributed by atoms with Crippen molar-refractivity contribution in [3.63, 3.8) is 0 Å². The molecule has 0 amide bonds. The van der Waals surface area contributed by atoms with Crippen LogP contribution in [0.2, 0.25) is 0 Å². The van der Waals surface area contributed by atoms with Gasteiger partial charge in [0.25, 0.3) is 0 Å². The average Bonchev–Trinajstić information content (AvgIpc) is 2.40. The third-order valence-corrected chi connectivity index (χ3v) is 3.43. The Labute approximate surface area is 118 Å². The highest BCUT2D eigenvalue weighted by molar-refractivity contribution is 5.24. The molecule has 2 heteroatoms. The van der Waals surface area contributed by atoms with Crippen molar-refractivity contribution >= 4 is 0 Å². The summed E-state index contributed by atoms with van der Waals surface area (Å²) in [5, 5.41) is 0. The van der Waals surface area contributed by atoms with E-state index in [4.69, 9.17) is 10.5 Å². The molecule has 0 saturated heterocycles. The van der Waals surface area contributed by atoms with E-state index in [-0.39, 0.29) is 6.04 Å². The van der Waals surface area contributed by atoms with E-state index in [0.29, 0.717) is 12.5 Å². The normalized spacial score (nSPS) is 14.3. The van der Waals surface area contributed by atoms with E-state index < -0.39 is 0 Å². The summed E-state index contributed by atoms with van der Waals surface area (Å²) in [6.07, 6.45) is 4.76. The summed E-state index contributed by atoms with van der Waals surface area (Å²) in [4.78, 5) is 0. The zero-order valence-corrected chi connectivity index (χ0v) is 12.7. The van der Waals surface area contributed by atoms with Crippen LogP contribution in [0.4, 0.5) is 0 Å². The maximum absolute atomic E-state index is 6.15. The van der Waals surface area contributed by atoms with Gasteiger partial charge in [-0.25, -0.2) is 0 Å². The topological polar surface area (TPSA) is 35.2 Å². The molecule has 0 bridgehead atoms. The molecule has 0 spiro atoms. The molecule has 0 aliphatic rings. The lowest BCUT2D eigenvalue weighted by Crippen LogP contribution is -2.19. The van der Waals surface area contributed by atoms with Crippen LogP contribution < -0.4 is 5.73 Å². The van der Waals surface area contributed by atoms with Gasteiger partial charge in [0, 0.05) is 6.61 Å². The molecule has 0 aliphatic carbocycles. The maximum Gasteiger partial charge on any atom is 0.0659 e. The van der Waals surface area contributed by atoms with Crippen molar-refractivity contribution in [1.82, 2.24) is 0 Å². The van der Waals surface area contributed by atoms with Crippen LogP contribution in [0.25, 0.3) is 0 Å². The van der Waals surface area contributed by atoms with Gasteiger partial charge in [0.05, 0.1) is 12.6 Å². The molecule has 2 atom stereocenters. The van der Waals surface area contributed by atoms with Gasteiger partial charge in [-0.1, -0.05) is 57.9 Å². The lowest BCUT2D eigenvalue weighted by atomic mass is 10.0. The van der Waals surface area contributed by atoms with Gasteiger partial charge in [-0.15, -0.1) is 0 Å². The summed E-state index contributed by atoms with van der Waals surface area (Å²) in [6.45, 7) is 8.07. The van der Waals surface area contributed by atoms with Gasteiger partial charge in [-0.3, -0.25) is 0 Å². The highest BCUT2D eigenvalue weighted by Gasteiger charge is 2.07. The number of ether oxygens (including phenoxy) is 1. The predicted octanol–water partition coefficient (Wildman–Crippen LogP) is 4.09. The van der Waals surface area contributed by atoms with E-state index >= 15 is 0 Å². The van der Waals surface area contributed by atoms with Crippen LogP contribution in [-0.4, -0.2) is 13.2 Å². The van der Waals surface area contributed by atoms with Crippen molar-refractivity contribution in [2.45, 2.75) is 52.5 Å². The Balaban J connectivity index is 2.34. The third kappa shape index (κ3) is 6.22. The Morgan fingerprint density at radius 3 is 2.32 bits per heavy atom. The first-order chi connectivity index (χ1) is 9.17. The SMILES string of the molecule is CCCc1ccc(C(N)COCC(C)CCC)cc1. The standard InChI is InChI=1S/C17H29NO/c1-4-6-14(3)12-19-13-17(18)16-10-8-15(7-5-2)9-11-16/h8-11,14,17H,4-7,12-13,18H2,1-3H3. The monoisotopic (exact) mass is 263 g/mol. The fourth-order valence-corrected chi connectivity index (χ4v) is 2.29. The molecule has 0 aliphatic heterocycles. The number of nitrogens with two attached hydrogens (primary N) is 1. The summed E-state index contributed by atoms with van der Waals surface area (Å²) < 4.78 is 5.72. The molecule has 19 heavy (non-hydrogen) atoms. The Kier molecular flexibility index (Phi) is 7.76. The lowest BCUT2D eigenvalue weighted by Gasteiger charge is -2.15. The van der Waals surface area contributed by atoms with Crippen molar-refractivity contribution in [2.24, 2.45) is 11.7 Å². The second-order valence-corrected chi connectivity index (χ2v) is 5.53. The molecule has 0 heterocycles. The van der Waals surface area contributed by atoms with Gasteiger partial charge in [0.15, 0.2) is 0 Å². The number of hydrogen-bond donors (Lipinski definition) is 1. The number of aryl methyl sites for hydroxylation is 1. The molecule has 2 nitrogen and oxygen atoms in total. The van der Waals surface area contributed by atoms with E-state index in [1.165, 1.54) is 30.4 Å². The summed E-state index contributed by atoms with van der Waals surface area (Å²) in [5.74, 6) is 0.629. The highest BCUT2D eigenvalue weighted by atomic mass is 16.5. The fraction of sp³-hybridized carbons (Fsp3) is 0.647. The zero-order chi connectivity index (χ0) is 14.1. The largest absolute Gasteiger partial charge is 0.379 e. The Morgan fingerprint density at radius 1 is 1.05 bits per heavy atom. The van der Waals surface area contributed by atoms with Gasteiger partial charge in [0.2, 0.25) is 0 Å². The fourth-order valence-electron chi connectivity index (χ4n) is 2.29. The molecule has 2 unspecified atom stereocenters. The van der Waals surface area contributed by atoms with E-state index in [1.807, 2.05) is 0 Å². The Bertz CT molecular complexity index is 334. The molecule has 0 fully saturated rings. The van der Waals surface area contributed by atoms with Crippen LogP contribution >= 0.6 is 0 Å². The minimum atomic E-state index is -0.00972. The number of hydrogen-bond acceptors (Lipinski definition) is 2. The predicted molar refractivity (Wildman–Crippen MR) is 82.3 cm³/mol. The first-order valence-electron chi connectivity index (χ1n) is 7.59. The van der Waals surface area contributed by atoms with E-state index in [0.717, 1.165) is 13.0 Å². The van der Waals surface area contributed by atoms with Crippen molar-refractivity contribution in [1.29, 1.82) is 0 Å². The van der Waals surface area contributed by atoms with Crippen molar-refractivity contribution in [3.05, 3.63) is 35.4 Å². The van der Waals surface area contributed by atoms with E-state index in [1.54, 1.807) is 0 Å². The van der Waals surface area contributed by atoms with Crippen LogP contribution in [0, 0.1) is 5.92 Å². The minimum absolute atomic E-state index is 0.00972. The van der Waals surface area contributed by atoms with Crippen LogP contribution in [0.1, 0.15) is 57.2 Å². The molecule has 1 rings (SSSR count). The molecule has 1 aromatic rings. The van der Waals surface area contributed by atoms with Crippen LogP contribution in [0.5, 0.6) is 0 Å². The highest BCUT2D eigenvalue weighted by Crippen LogP contribution is 2.14. The lowest BCUT2D eigenvalue weighted by molar-refractivity contribution is 0.0909. The van der Waals surface area contributed by atoms with Crippen LogP contribution in [-0.2, 0) is 11.2 Å². The second-order valence-electron chi connectivity index (χ2n) is 5.53. The molecule has 0 aromatic heterocycles. The van der Waals surface area contributed by atoms with E-state index in [2.05, 4.69) is 45.0 Å². The number of rotatable bonds is 9. The summed E-state index contributed by atoms with van der Waals surface area (Å²) >= 11 is 0. The maximum atomic E-state index is 6.15. The third-order valence-electron chi connectivity index (χ3n) is 3.43. The Morgan fingerprint density at radius 2 is 1.74 bits per heavy atom. The van der Waals surface area contributed by atoms with Crippen LogP contribution in [0.15, 0.2) is 24.3 Å². The first kappa shape index (κ1) is 16.2. The average molecular weight is 263 g/mol. The molecule has 108 valence electrons. The molecular formula is C17H29NO. The minimum Gasteiger partial charge on any atom is -0.379 e. The van der Waals surface area contributed by atoms with E-state index in [9.17, 15) is 0 Å². The van der Waals surface area contributed by atoms with Gasteiger partial charge in [0.1, 0.15) is 0 Å². The summed E-state index contributed by atoms with van der Waals surface area (Å²) in [5.41, 5.74) is 8.71. The number of benzene rings is 1. The second kappa shape index (κ2) is 9.11. The van der Waals surface area contributed by atoms with Crippen molar-refractivity contribution < 1.29 is 4.74 Å². The first-order valence-corrected chi connectivity index (χ1v) is 7.59. The quantitative estimate of drug-likeness (QED) is 0.728. The Hall–Kier alpha value is -0.860. The summed E-state index contributed by atoms with van der Waals surface area (Å²) in [7, 11) is 0. The molecule has 2 N–H and O–H groups in total. The van der Waals surface area contributed by atoms with Crippen molar-refractivity contribution in [3.8, 4) is 0 Å². The molecular weight excluding hydrogens is 234 g/mol. The van der Waals surface area contributed by atoms with Gasteiger partial charge >= 0.3 is 0 Å².